The summed E-state index contributed by atoms with van der Waals surface area (Å²) in [7, 11) is 0. The van der Waals surface area contributed by atoms with E-state index in [4.69, 9.17) is 5.73 Å². The largest absolute Gasteiger partial charge is 0.327 e. The highest BCUT2D eigenvalue weighted by Crippen LogP contribution is 2.29. The van der Waals surface area contributed by atoms with Crippen molar-refractivity contribution in [3.8, 4) is 0 Å². The zero-order chi connectivity index (χ0) is 12.8. The van der Waals surface area contributed by atoms with Gasteiger partial charge in [-0.15, -0.1) is 0 Å². The summed E-state index contributed by atoms with van der Waals surface area (Å²) in [5.74, 6) is 2.08. The lowest BCUT2D eigenvalue weighted by Gasteiger charge is -2.14. The molecule has 1 heterocycles. The molecule has 1 aliphatic rings. The lowest BCUT2D eigenvalue weighted by molar-refractivity contribution is 0.552. The van der Waals surface area contributed by atoms with Gasteiger partial charge < -0.3 is 5.73 Å². The Labute approximate surface area is 114 Å². The smallest absolute Gasteiger partial charge is 0.138 e. The van der Waals surface area contributed by atoms with Gasteiger partial charge in [0, 0.05) is 30.0 Å². The summed E-state index contributed by atoms with van der Waals surface area (Å²) < 4.78 is 1.99. The van der Waals surface area contributed by atoms with E-state index in [1.807, 2.05) is 4.68 Å². The fraction of sp³-hybridized carbons (Fsp3) is 0.846. The van der Waals surface area contributed by atoms with Crippen molar-refractivity contribution >= 4 is 11.8 Å². The summed E-state index contributed by atoms with van der Waals surface area (Å²) in [5.41, 5.74) is 6.21. The van der Waals surface area contributed by atoms with Crippen LogP contribution in [0.25, 0.3) is 0 Å². The van der Waals surface area contributed by atoms with E-state index in [9.17, 15) is 0 Å². The molecule has 1 saturated carbocycles. The fourth-order valence-corrected chi connectivity index (χ4v) is 3.76. The molecule has 0 amide bonds. The van der Waals surface area contributed by atoms with Gasteiger partial charge in [0.2, 0.25) is 0 Å². The van der Waals surface area contributed by atoms with E-state index in [1.54, 1.807) is 6.33 Å². The minimum atomic E-state index is 0.204. The van der Waals surface area contributed by atoms with Crippen LogP contribution < -0.4 is 5.73 Å². The van der Waals surface area contributed by atoms with Crippen LogP contribution in [0.15, 0.2) is 6.33 Å². The Morgan fingerprint density at radius 3 is 3.00 bits per heavy atom. The van der Waals surface area contributed by atoms with E-state index >= 15 is 0 Å². The molecular formula is C13H24N4S. The number of aryl methyl sites for hydroxylation is 1. The minimum Gasteiger partial charge on any atom is -0.327 e. The van der Waals surface area contributed by atoms with Gasteiger partial charge in [-0.25, -0.2) is 4.98 Å². The average molecular weight is 268 g/mol. The Morgan fingerprint density at radius 1 is 1.50 bits per heavy atom. The van der Waals surface area contributed by atoms with Crippen LogP contribution in [0.5, 0.6) is 0 Å². The topological polar surface area (TPSA) is 56.7 Å². The second kappa shape index (κ2) is 7.14. The van der Waals surface area contributed by atoms with Crippen molar-refractivity contribution in [1.82, 2.24) is 14.8 Å². The van der Waals surface area contributed by atoms with E-state index < -0.39 is 0 Å². The highest BCUT2D eigenvalue weighted by Gasteiger charge is 2.17. The van der Waals surface area contributed by atoms with Crippen molar-refractivity contribution in [3.63, 3.8) is 0 Å². The van der Waals surface area contributed by atoms with Crippen LogP contribution in [-0.2, 0) is 13.0 Å². The van der Waals surface area contributed by atoms with Crippen molar-refractivity contribution in [3.05, 3.63) is 12.2 Å². The highest BCUT2D eigenvalue weighted by atomic mass is 32.2. The maximum Gasteiger partial charge on any atom is 0.138 e. The van der Waals surface area contributed by atoms with Gasteiger partial charge in [0.1, 0.15) is 12.2 Å². The number of hydrogen-bond acceptors (Lipinski definition) is 4. The monoisotopic (exact) mass is 268 g/mol. The van der Waals surface area contributed by atoms with Crippen LogP contribution in [0.1, 0.15) is 44.9 Å². The molecule has 1 atom stereocenters. The molecule has 1 aromatic rings. The first-order valence-corrected chi connectivity index (χ1v) is 8.08. The lowest BCUT2D eigenvalue weighted by Crippen LogP contribution is -2.28. The zero-order valence-corrected chi connectivity index (χ0v) is 12.0. The molecule has 5 heteroatoms. The molecule has 0 aliphatic heterocycles. The first kappa shape index (κ1) is 13.9. The number of nitrogens with zero attached hydrogens (tertiary/aromatic N) is 3. The maximum absolute atomic E-state index is 6.21. The second-order valence-corrected chi connectivity index (χ2v) is 6.44. The quantitative estimate of drug-likeness (QED) is 0.824. The minimum absolute atomic E-state index is 0.204. The third-order valence-corrected chi connectivity index (χ3v) is 4.99. The Morgan fingerprint density at radius 2 is 2.28 bits per heavy atom. The van der Waals surface area contributed by atoms with Gasteiger partial charge in [-0.3, -0.25) is 4.68 Å². The Hall–Kier alpha value is -0.550. The summed E-state index contributed by atoms with van der Waals surface area (Å²) in [4.78, 5) is 4.32. The fourth-order valence-electron chi connectivity index (χ4n) is 2.45. The summed E-state index contributed by atoms with van der Waals surface area (Å²) in [6.45, 7) is 3.10. The Balaban J connectivity index is 1.75. The number of rotatable bonds is 7. The molecule has 1 aromatic heterocycles. The van der Waals surface area contributed by atoms with Crippen molar-refractivity contribution in [2.75, 3.05) is 5.75 Å². The van der Waals surface area contributed by atoms with Crippen LogP contribution in [0.2, 0.25) is 0 Å². The van der Waals surface area contributed by atoms with Gasteiger partial charge in [-0.2, -0.15) is 16.9 Å². The van der Waals surface area contributed by atoms with Crippen LogP contribution in [0, 0.1) is 0 Å². The Bertz CT molecular complexity index is 347. The molecule has 0 saturated heterocycles. The van der Waals surface area contributed by atoms with E-state index in [0.717, 1.165) is 36.2 Å². The summed E-state index contributed by atoms with van der Waals surface area (Å²) in [6, 6.07) is 0.204. The Kier molecular flexibility index (Phi) is 5.50. The first-order valence-electron chi connectivity index (χ1n) is 7.03. The van der Waals surface area contributed by atoms with Crippen LogP contribution in [0.4, 0.5) is 0 Å². The van der Waals surface area contributed by atoms with Gasteiger partial charge in [-0.1, -0.05) is 19.8 Å². The normalized spacial score (nSPS) is 18.3. The molecular weight excluding hydrogens is 244 g/mol. The van der Waals surface area contributed by atoms with Crippen molar-refractivity contribution in [2.24, 2.45) is 5.73 Å². The van der Waals surface area contributed by atoms with E-state index in [1.165, 1.54) is 25.7 Å². The molecule has 0 aromatic carbocycles. The summed E-state index contributed by atoms with van der Waals surface area (Å²) >= 11 is 2.05. The summed E-state index contributed by atoms with van der Waals surface area (Å²) in [5, 5.41) is 5.09. The van der Waals surface area contributed by atoms with Gasteiger partial charge in [0.05, 0.1) is 0 Å². The lowest BCUT2D eigenvalue weighted by atomic mass is 10.2. The molecule has 2 rings (SSSR count). The third kappa shape index (κ3) is 3.99. The van der Waals surface area contributed by atoms with Crippen molar-refractivity contribution in [2.45, 2.75) is 63.3 Å². The van der Waals surface area contributed by atoms with E-state index in [2.05, 4.69) is 28.8 Å². The first-order chi connectivity index (χ1) is 8.79. The third-order valence-electron chi connectivity index (χ3n) is 3.42. The molecule has 0 bridgehead atoms. The number of nitrogens with two attached hydrogens (primary N) is 1. The van der Waals surface area contributed by atoms with Crippen LogP contribution >= 0.6 is 11.8 Å². The molecule has 1 unspecified atom stereocenters. The average Bonchev–Trinajstić information content (AvgIpc) is 2.99. The number of thioether (sulfide) groups is 1. The van der Waals surface area contributed by atoms with E-state index in [-0.39, 0.29) is 6.04 Å². The molecule has 4 nitrogen and oxygen atoms in total. The van der Waals surface area contributed by atoms with Gasteiger partial charge in [-0.05, 0) is 19.3 Å². The van der Waals surface area contributed by atoms with Gasteiger partial charge in [0.15, 0.2) is 0 Å². The van der Waals surface area contributed by atoms with E-state index in [0.29, 0.717) is 0 Å². The molecule has 1 fully saturated rings. The van der Waals surface area contributed by atoms with Gasteiger partial charge in [0.25, 0.3) is 0 Å². The summed E-state index contributed by atoms with van der Waals surface area (Å²) in [6.07, 6.45) is 9.13. The predicted octanol–water partition coefficient (Wildman–Crippen LogP) is 2.23. The standard InChI is InChI=1S/C13H24N4S/c1-2-7-17-13(15-10-16-17)8-11(14)9-18-12-5-3-4-6-12/h10-12H,2-9,14H2,1H3. The molecule has 0 radical (unpaired) electrons. The maximum atomic E-state index is 6.21. The SMILES string of the molecule is CCCn1ncnc1CC(N)CSC1CCCC1. The van der Waals surface area contributed by atoms with Crippen molar-refractivity contribution in [1.29, 1.82) is 0 Å². The second-order valence-electron chi connectivity index (χ2n) is 5.10. The van der Waals surface area contributed by atoms with Crippen LogP contribution in [0.3, 0.4) is 0 Å². The molecule has 102 valence electrons. The van der Waals surface area contributed by atoms with Crippen molar-refractivity contribution < 1.29 is 0 Å². The molecule has 0 spiro atoms. The molecule has 2 N–H and O–H groups in total. The molecule has 1 aliphatic carbocycles. The van der Waals surface area contributed by atoms with Crippen LogP contribution in [-0.4, -0.2) is 31.8 Å². The predicted molar refractivity (Wildman–Crippen MR) is 76.7 cm³/mol. The number of hydrogen-bond donors (Lipinski definition) is 1. The highest BCUT2D eigenvalue weighted by molar-refractivity contribution is 7.99. The number of aromatic nitrogens is 3. The zero-order valence-electron chi connectivity index (χ0n) is 11.2. The van der Waals surface area contributed by atoms with Gasteiger partial charge >= 0.3 is 0 Å². The molecule has 18 heavy (non-hydrogen) atoms.